The van der Waals surface area contributed by atoms with Crippen LogP contribution in [-0.2, 0) is 14.0 Å². The van der Waals surface area contributed by atoms with Crippen molar-refractivity contribution in [3.8, 4) is 0 Å². The molecular formula is C17H19ClN5O7P. The van der Waals surface area contributed by atoms with Gasteiger partial charge in [-0.2, -0.15) is 15.1 Å². The second kappa shape index (κ2) is 8.77. The third kappa shape index (κ3) is 4.86. The number of hydrogen-bond acceptors (Lipinski definition) is 9. The first kappa shape index (κ1) is 22.1. The molecule has 0 saturated carbocycles. The Kier molecular flexibility index (Phi) is 6.24. The normalized spacial score (nSPS) is 24.0. The van der Waals surface area contributed by atoms with E-state index in [4.69, 9.17) is 30.9 Å². The van der Waals surface area contributed by atoms with Crippen LogP contribution in [0.3, 0.4) is 0 Å². The van der Waals surface area contributed by atoms with Gasteiger partial charge in [-0.1, -0.05) is 18.2 Å². The molecule has 0 bridgehead atoms. The van der Waals surface area contributed by atoms with E-state index < -0.39 is 38.5 Å². The zero-order valence-corrected chi connectivity index (χ0v) is 17.5. The molecule has 1 aliphatic rings. The van der Waals surface area contributed by atoms with Gasteiger partial charge in [-0.25, -0.2) is 4.68 Å². The van der Waals surface area contributed by atoms with Crippen LogP contribution in [0.25, 0.3) is 11.0 Å². The molecule has 0 unspecified atom stereocenters. The average molecular weight is 472 g/mol. The lowest BCUT2D eigenvalue weighted by Gasteiger charge is -2.16. The highest BCUT2D eigenvalue weighted by molar-refractivity contribution is 7.51. The molecule has 3 heterocycles. The van der Waals surface area contributed by atoms with E-state index in [1.165, 1.54) is 10.9 Å². The molecule has 5 N–H and O–H groups in total. The first-order valence-electron chi connectivity index (χ1n) is 9.09. The van der Waals surface area contributed by atoms with Crippen LogP contribution in [0.4, 0.5) is 11.5 Å². The van der Waals surface area contributed by atoms with Crippen molar-refractivity contribution in [1.29, 1.82) is 0 Å². The van der Waals surface area contributed by atoms with Crippen LogP contribution in [0.1, 0.15) is 6.23 Å². The summed E-state index contributed by atoms with van der Waals surface area (Å²) >= 11 is 6.08. The monoisotopic (exact) mass is 471 g/mol. The zero-order valence-electron chi connectivity index (χ0n) is 15.8. The topological polar surface area (TPSA) is 172 Å². The molecule has 12 nitrogen and oxygen atoms in total. The molecule has 4 rings (SSSR count). The Balaban J connectivity index is 1.59. The smallest absolute Gasteiger partial charge is 0.350 e. The van der Waals surface area contributed by atoms with E-state index in [0.29, 0.717) is 11.2 Å². The van der Waals surface area contributed by atoms with Crippen molar-refractivity contribution in [2.75, 3.05) is 18.3 Å². The molecule has 4 atom stereocenters. The number of aromatic nitrogens is 4. The fraction of sp³-hybridized carbons (Fsp3) is 0.353. The van der Waals surface area contributed by atoms with Crippen molar-refractivity contribution < 1.29 is 34.0 Å². The fourth-order valence-electron chi connectivity index (χ4n) is 3.20. The van der Waals surface area contributed by atoms with Gasteiger partial charge in [0, 0.05) is 5.69 Å². The number of aliphatic hydroxyl groups is 2. The summed E-state index contributed by atoms with van der Waals surface area (Å²) in [4.78, 5) is 26.1. The summed E-state index contributed by atoms with van der Waals surface area (Å²) in [6.45, 7) is -0.338. The Labute approximate surface area is 180 Å². The summed E-state index contributed by atoms with van der Waals surface area (Å²) < 4.78 is 22.7. The molecule has 0 radical (unpaired) electrons. The summed E-state index contributed by atoms with van der Waals surface area (Å²) in [6, 6.07) is 9.26. The maximum atomic E-state index is 10.9. The van der Waals surface area contributed by atoms with E-state index in [-0.39, 0.29) is 17.5 Å². The number of nitrogens with one attached hydrogen (secondary N) is 1. The zero-order chi connectivity index (χ0) is 22.2. The second-order valence-corrected chi connectivity index (χ2v) is 8.80. The molecule has 1 saturated heterocycles. The second-order valence-electron chi connectivity index (χ2n) is 6.87. The van der Waals surface area contributed by atoms with Crippen molar-refractivity contribution in [3.05, 3.63) is 41.8 Å². The molecule has 1 aliphatic heterocycles. The van der Waals surface area contributed by atoms with Crippen LogP contribution in [0.2, 0.25) is 5.28 Å². The van der Waals surface area contributed by atoms with Gasteiger partial charge in [-0.3, -0.25) is 4.57 Å². The lowest BCUT2D eigenvalue weighted by molar-refractivity contribution is -0.0658. The van der Waals surface area contributed by atoms with Crippen LogP contribution in [0, 0.1) is 0 Å². The van der Waals surface area contributed by atoms with Crippen molar-refractivity contribution >= 4 is 41.7 Å². The first-order valence-corrected chi connectivity index (χ1v) is 11.3. The van der Waals surface area contributed by atoms with Crippen LogP contribution in [0.15, 0.2) is 36.5 Å². The third-order valence-electron chi connectivity index (χ3n) is 4.58. The minimum Gasteiger partial charge on any atom is -0.387 e. The van der Waals surface area contributed by atoms with Gasteiger partial charge in [-0.05, 0) is 23.7 Å². The van der Waals surface area contributed by atoms with Gasteiger partial charge in [0.25, 0.3) is 0 Å². The molecule has 1 aromatic carbocycles. The number of nitrogens with zero attached hydrogens (tertiary/aromatic N) is 4. The first-order chi connectivity index (χ1) is 14.7. The molecule has 166 valence electrons. The molecule has 1 fully saturated rings. The fourth-order valence-corrected chi connectivity index (χ4v) is 3.70. The van der Waals surface area contributed by atoms with Crippen LogP contribution < -0.4 is 5.32 Å². The van der Waals surface area contributed by atoms with E-state index >= 15 is 0 Å². The summed E-state index contributed by atoms with van der Waals surface area (Å²) in [7, 11) is -4.37. The number of benzene rings is 1. The molecule has 3 aromatic rings. The number of hydrogen-bond donors (Lipinski definition) is 5. The molecule has 31 heavy (non-hydrogen) atoms. The van der Waals surface area contributed by atoms with Gasteiger partial charge in [0.15, 0.2) is 11.9 Å². The van der Waals surface area contributed by atoms with E-state index in [2.05, 4.69) is 20.4 Å². The predicted octanol–water partition coefficient (Wildman–Crippen LogP) is 0.994. The van der Waals surface area contributed by atoms with Crippen molar-refractivity contribution in [1.82, 2.24) is 19.7 Å². The SMILES string of the molecule is O=P(O)(O)COC[C@H]1O[C@@H](n2ncc3c(Nc4ccccc4)nc(Cl)nc32)[C@H](O)[C@@H]1O. The van der Waals surface area contributed by atoms with Crippen LogP contribution >= 0.6 is 19.2 Å². The summed E-state index contributed by atoms with van der Waals surface area (Å²) in [5, 5.41) is 28.5. The van der Waals surface area contributed by atoms with Crippen molar-refractivity contribution in [3.63, 3.8) is 0 Å². The number of ether oxygens (including phenoxy) is 2. The maximum Gasteiger partial charge on any atom is 0.350 e. The van der Waals surface area contributed by atoms with E-state index in [1.54, 1.807) is 0 Å². The van der Waals surface area contributed by atoms with E-state index in [9.17, 15) is 14.8 Å². The van der Waals surface area contributed by atoms with Crippen molar-refractivity contribution in [2.45, 2.75) is 24.5 Å². The average Bonchev–Trinajstić information content (AvgIpc) is 3.24. The molecular weight excluding hydrogens is 453 g/mol. The largest absolute Gasteiger partial charge is 0.387 e. The molecule has 14 heteroatoms. The molecule has 0 amide bonds. The standard InChI is InChI=1S/C17H19ClN5O7P/c18-17-21-14(20-9-4-2-1-3-5-9)10-6-19-23(15(10)22-17)16-13(25)12(24)11(30-16)7-29-8-31(26,27)28/h1-6,11-13,16,24-25H,7-8H2,(H,20,21,22)(H2,26,27,28)/t11-,12-,13-,16-/m1/s1. The quantitative estimate of drug-likeness (QED) is 0.246. The number of rotatable bonds is 7. The number of aliphatic hydroxyl groups excluding tert-OH is 2. The van der Waals surface area contributed by atoms with Gasteiger partial charge >= 0.3 is 7.60 Å². The van der Waals surface area contributed by atoms with Crippen LogP contribution in [-0.4, -0.2) is 71.0 Å². The number of anilines is 2. The Morgan fingerprint density at radius 2 is 1.94 bits per heavy atom. The highest BCUT2D eigenvalue weighted by atomic mass is 35.5. The highest BCUT2D eigenvalue weighted by Crippen LogP contribution is 2.36. The Hall–Kier alpha value is -2.15. The van der Waals surface area contributed by atoms with Crippen LogP contribution in [0.5, 0.6) is 0 Å². The number of fused-ring (bicyclic) bond motifs is 1. The molecule has 0 spiro atoms. The van der Waals surface area contributed by atoms with Gasteiger partial charge < -0.3 is 34.8 Å². The Morgan fingerprint density at radius 1 is 1.19 bits per heavy atom. The lowest BCUT2D eigenvalue weighted by atomic mass is 10.1. The third-order valence-corrected chi connectivity index (χ3v) is 5.27. The lowest BCUT2D eigenvalue weighted by Crippen LogP contribution is -2.34. The summed E-state index contributed by atoms with van der Waals surface area (Å²) in [5.41, 5.74) is 1.02. The Morgan fingerprint density at radius 3 is 2.65 bits per heavy atom. The number of halogens is 1. The predicted molar refractivity (Wildman–Crippen MR) is 109 cm³/mol. The maximum absolute atomic E-state index is 10.9. The van der Waals surface area contributed by atoms with E-state index in [0.717, 1.165) is 5.69 Å². The minimum absolute atomic E-state index is 0.0674. The van der Waals surface area contributed by atoms with Gasteiger partial charge in [0.1, 0.15) is 30.5 Å². The molecule has 0 aliphatic carbocycles. The summed E-state index contributed by atoms with van der Waals surface area (Å²) in [6.07, 6.45) is -4.30. The van der Waals surface area contributed by atoms with Crippen molar-refractivity contribution in [2.24, 2.45) is 0 Å². The Bertz CT molecular complexity index is 1110. The summed E-state index contributed by atoms with van der Waals surface area (Å²) in [5.74, 6) is 0.391. The minimum atomic E-state index is -4.37. The van der Waals surface area contributed by atoms with Gasteiger partial charge in [0.2, 0.25) is 5.28 Å². The van der Waals surface area contributed by atoms with Gasteiger partial charge in [0.05, 0.1) is 18.2 Å². The number of para-hydroxylation sites is 1. The molecule has 2 aromatic heterocycles. The van der Waals surface area contributed by atoms with E-state index in [1.807, 2.05) is 30.3 Å². The van der Waals surface area contributed by atoms with Gasteiger partial charge in [-0.15, -0.1) is 0 Å². The highest BCUT2D eigenvalue weighted by Gasteiger charge is 2.45.